The summed E-state index contributed by atoms with van der Waals surface area (Å²) >= 11 is 1.22. The number of aromatic nitrogens is 1. The lowest BCUT2D eigenvalue weighted by Crippen LogP contribution is -2.16. The molecule has 0 N–H and O–H groups in total. The summed E-state index contributed by atoms with van der Waals surface area (Å²) in [7, 11) is 2.97. The van der Waals surface area contributed by atoms with Crippen LogP contribution in [0.15, 0.2) is 41.4 Å². The first-order valence-electron chi connectivity index (χ1n) is 8.00. The molecule has 0 saturated heterocycles. The summed E-state index contributed by atoms with van der Waals surface area (Å²) in [5.41, 5.74) is 0.769. The van der Waals surface area contributed by atoms with Gasteiger partial charge < -0.3 is 14.0 Å². The molecule has 0 spiro atoms. The lowest BCUT2D eigenvalue weighted by molar-refractivity contribution is -0.384. The topological polar surface area (TPSA) is 96.0 Å². The number of benzene rings is 2. The van der Waals surface area contributed by atoms with Gasteiger partial charge in [-0.05, 0) is 18.2 Å². The largest absolute Gasteiger partial charge is 0.497 e. The Morgan fingerprint density at radius 2 is 1.93 bits per heavy atom. The van der Waals surface area contributed by atoms with Crippen LogP contribution in [0, 0.1) is 22.5 Å². The number of hydrogen-bond donors (Lipinski definition) is 0. The number of ether oxygens (including phenoxy) is 2. The molecule has 1 heterocycles. The molecule has 0 bridgehead atoms. The molecule has 0 radical (unpaired) electrons. The van der Waals surface area contributed by atoms with E-state index in [4.69, 9.17) is 15.9 Å². The third-order valence-corrected chi connectivity index (χ3v) is 4.98. The van der Waals surface area contributed by atoms with Crippen LogP contribution in [0.4, 0.5) is 5.69 Å². The number of carbonyl (C=O) groups excluding carboxylic acids is 1. The van der Waals surface area contributed by atoms with E-state index in [-0.39, 0.29) is 17.8 Å². The van der Waals surface area contributed by atoms with Crippen molar-refractivity contribution in [3.63, 3.8) is 0 Å². The Balaban J connectivity index is 2.15. The van der Waals surface area contributed by atoms with Crippen molar-refractivity contribution >= 4 is 33.1 Å². The minimum absolute atomic E-state index is 0.0634. The van der Waals surface area contributed by atoms with E-state index in [2.05, 4.69) is 10.9 Å². The van der Waals surface area contributed by atoms with Crippen LogP contribution in [0.3, 0.4) is 0 Å². The van der Waals surface area contributed by atoms with Crippen molar-refractivity contribution in [2.75, 3.05) is 14.2 Å². The molecule has 2 aromatic carbocycles. The van der Waals surface area contributed by atoms with Gasteiger partial charge in [-0.2, -0.15) is 4.99 Å². The number of terminal acetylenes is 1. The second-order valence-corrected chi connectivity index (χ2v) is 6.61. The molecule has 0 unspecified atom stereocenters. The second kappa shape index (κ2) is 7.94. The zero-order valence-corrected chi connectivity index (χ0v) is 15.9. The third-order valence-electron chi connectivity index (χ3n) is 3.92. The number of non-ortho nitro benzene ring substituents is 1. The summed E-state index contributed by atoms with van der Waals surface area (Å²) in [6, 6.07) is 9.19. The quantitative estimate of drug-likeness (QED) is 0.375. The Morgan fingerprint density at radius 3 is 2.50 bits per heavy atom. The maximum Gasteiger partial charge on any atom is 0.279 e. The summed E-state index contributed by atoms with van der Waals surface area (Å²) in [5, 5.41) is 11.1. The minimum atomic E-state index is -0.510. The van der Waals surface area contributed by atoms with Gasteiger partial charge in [-0.15, -0.1) is 6.42 Å². The number of nitro benzene ring substituents is 1. The van der Waals surface area contributed by atoms with E-state index in [1.54, 1.807) is 28.8 Å². The van der Waals surface area contributed by atoms with Crippen molar-refractivity contribution < 1.29 is 19.2 Å². The summed E-state index contributed by atoms with van der Waals surface area (Å²) in [6.45, 7) is 0.120. The fourth-order valence-electron chi connectivity index (χ4n) is 2.58. The van der Waals surface area contributed by atoms with Gasteiger partial charge in [0.05, 0.1) is 35.9 Å². The van der Waals surface area contributed by atoms with E-state index in [1.165, 1.54) is 37.7 Å². The van der Waals surface area contributed by atoms with Crippen molar-refractivity contribution in [3.8, 4) is 23.8 Å². The summed E-state index contributed by atoms with van der Waals surface area (Å²) < 4.78 is 12.7. The number of amides is 1. The first kappa shape index (κ1) is 19.1. The molecule has 0 saturated carbocycles. The Kier molecular flexibility index (Phi) is 5.42. The predicted molar refractivity (Wildman–Crippen MR) is 105 cm³/mol. The Hall–Kier alpha value is -3.64. The molecule has 8 nitrogen and oxygen atoms in total. The summed E-state index contributed by atoms with van der Waals surface area (Å²) in [4.78, 5) is 27.8. The van der Waals surface area contributed by atoms with Gasteiger partial charge in [0.25, 0.3) is 11.6 Å². The standard InChI is InChI=1S/C19H15N3O5S/c1-4-7-21-16-10-13(22(24)25)5-6-17(16)28-19(21)20-18(23)12-8-14(26-2)11-15(9-12)27-3/h1,5-6,8-11H,7H2,2-3H3. The molecule has 1 amide bonds. The number of nitrogens with zero attached hydrogens (tertiary/aromatic N) is 3. The van der Waals surface area contributed by atoms with Crippen LogP contribution in [0.25, 0.3) is 10.2 Å². The molecule has 0 aliphatic heterocycles. The molecule has 28 heavy (non-hydrogen) atoms. The van der Waals surface area contributed by atoms with Crippen molar-refractivity contribution in [2.24, 2.45) is 4.99 Å². The predicted octanol–water partition coefficient (Wildman–Crippen LogP) is 3.00. The highest BCUT2D eigenvalue weighted by Gasteiger charge is 2.14. The van der Waals surface area contributed by atoms with Crippen LogP contribution in [-0.4, -0.2) is 29.6 Å². The molecular weight excluding hydrogens is 382 g/mol. The molecule has 0 fully saturated rings. The molecular formula is C19H15N3O5S. The van der Waals surface area contributed by atoms with E-state index in [9.17, 15) is 14.9 Å². The molecule has 0 aliphatic rings. The molecule has 142 valence electrons. The monoisotopic (exact) mass is 397 g/mol. The zero-order valence-electron chi connectivity index (χ0n) is 15.0. The number of carbonyl (C=O) groups is 1. The Morgan fingerprint density at radius 1 is 1.25 bits per heavy atom. The zero-order chi connectivity index (χ0) is 20.3. The van der Waals surface area contributed by atoms with Gasteiger partial charge >= 0.3 is 0 Å². The third kappa shape index (κ3) is 3.72. The summed E-state index contributed by atoms with van der Waals surface area (Å²) in [5.74, 6) is 2.90. The summed E-state index contributed by atoms with van der Waals surface area (Å²) in [6.07, 6.45) is 5.44. The number of methoxy groups -OCH3 is 2. The number of nitro groups is 1. The molecule has 0 aliphatic carbocycles. The fourth-order valence-corrected chi connectivity index (χ4v) is 3.59. The SMILES string of the molecule is C#CCn1c(=NC(=O)c2cc(OC)cc(OC)c2)sc2ccc([N+](=O)[O-])cc21. The molecule has 3 rings (SSSR count). The maximum atomic E-state index is 12.7. The Labute approximate surface area is 163 Å². The van der Waals surface area contributed by atoms with Crippen LogP contribution in [0.5, 0.6) is 11.5 Å². The van der Waals surface area contributed by atoms with Gasteiger partial charge in [0.2, 0.25) is 0 Å². The van der Waals surface area contributed by atoms with Crippen LogP contribution < -0.4 is 14.3 Å². The van der Waals surface area contributed by atoms with Crippen molar-refractivity contribution in [1.82, 2.24) is 4.57 Å². The minimum Gasteiger partial charge on any atom is -0.497 e. The van der Waals surface area contributed by atoms with Crippen molar-refractivity contribution in [2.45, 2.75) is 6.54 Å². The fraction of sp³-hybridized carbons (Fsp3) is 0.158. The normalized spacial score (nSPS) is 11.2. The highest BCUT2D eigenvalue weighted by Crippen LogP contribution is 2.24. The lowest BCUT2D eigenvalue weighted by Gasteiger charge is -2.06. The van der Waals surface area contributed by atoms with Crippen molar-refractivity contribution in [1.29, 1.82) is 0 Å². The van der Waals surface area contributed by atoms with Gasteiger partial charge in [0.1, 0.15) is 11.5 Å². The van der Waals surface area contributed by atoms with Crippen LogP contribution >= 0.6 is 11.3 Å². The first-order valence-corrected chi connectivity index (χ1v) is 8.82. The highest BCUT2D eigenvalue weighted by molar-refractivity contribution is 7.16. The highest BCUT2D eigenvalue weighted by atomic mass is 32.1. The average molecular weight is 397 g/mol. The van der Waals surface area contributed by atoms with E-state index in [0.29, 0.717) is 21.8 Å². The average Bonchev–Trinajstić information content (AvgIpc) is 3.04. The molecule has 9 heteroatoms. The van der Waals surface area contributed by atoms with E-state index >= 15 is 0 Å². The smallest absolute Gasteiger partial charge is 0.279 e. The number of hydrogen-bond acceptors (Lipinski definition) is 6. The number of fused-ring (bicyclic) bond motifs is 1. The van der Waals surface area contributed by atoms with Crippen molar-refractivity contribution in [3.05, 3.63) is 56.9 Å². The first-order chi connectivity index (χ1) is 13.5. The van der Waals surface area contributed by atoms with E-state index in [0.717, 1.165) is 4.70 Å². The van der Waals surface area contributed by atoms with E-state index < -0.39 is 10.8 Å². The van der Waals surface area contributed by atoms with Gasteiger partial charge in [-0.1, -0.05) is 17.3 Å². The van der Waals surface area contributed by atoms with Crippen LogP contribution in [0.1, 0.15) is 10.4 Å². The van der Waals surface area contributed by atoms with E-state index in [1.807, 2.05) is 0 Å². The lowest BCUT2D eigenvalue weighted by atomic mass is 10.2. The van der Waals surface area contributed by atoms with Gasteiger partial charge in [0.15, 0.2) is 4.80 Å². The number of thiazole rings is 1. The van der Waals surface area contributed by atoms with Gasteiger partial charge in [0, 0.05) is 23.8 Å². The molecule has 0 atom stereocenters. The van der Waals surface area contributed by atoms with Crippen LogP contribution in [0.2, 0.25) is 0 Å². The molecule has 1 aromatic heterocycles. The number of rotatable bonds is 5. The molecule has 3 aromatic rings. The van der Waals surface area contributed by atoms with Crippen LogP contribution in [-0.2, 0) is 6.54 Å². The van der Waals surface area contributed by atoms with Gasteiger partial charge in [-0.3, -0.25) is 14.9 Å². The second-order valence-electron chi connectivity index (χ2n) is 5.60. The maximum absolute atomic E-state index is 12.7. The Bertz CT molecular complexity index is 1160. The van der Waals surface area contributed by atoms with Gasteiger partial charge in [-0.25, -0.2) is 0 Å².